The first-order chi connectivity index (χ1) is 6.88. The van der Waals surface area contributed by atoms with E-state index in [1.165, 1.54) is 0 Å². The Morgan fingerprint density at radius 1 is 1.29 bits per heavy atom. The first kappa shape index (κ1) is 9.91. The largest absolute Gasteiger partial charge is 0.378 e. The van der Waals surface area contributed by atoms with E-state index in [9.17, 15) is 0 Å². The van der Waals surface area contributed by atoms with Gasteiger partial charge in [0, 0.05) is 13.0 Å². The highest BCUT2D eigenvalue weighted by atomic mass is 16.7. The van der Waals surface area contributed by atoms with Crippen LogP contribution >= 0.6 is 0 Å². The Morgan fingerprint density at radius 3 is 2.93 bits per heavy atom. The highest BCUT2D eigenvalue weighted by Gasteiger charge is 2.29. The quantitative estimate of drug-likeness (QED) is 0.682. The maximum absolute atomic E-state index is 8.49. The van der Waals surface area contributed by atoms with Gasteiger partial charge >= 0.3 is 0 Å². The first-order valence-electron chi connectivity index (χ1n) is 5.14. The van der Waals surface area contributed by atoms with Crippen LogP contribution in [-0.4, -0.2) is 31.7 Å². The lowest BCUT2D eigenvalue weighted by atomic mass is 10.2. The second-order valence-electron chi connectivity index (χ2n) is 3.75. The van der Waals surface area contributed by atoms with Gasteiger partial charge in [0.05, 0.1) is 31.3 Å². The van der Waals surface area contributed by atoms with Crippen LogP contribution in [0.4, 0.5) is 0 Å². The minimum absolute atomic E-state index is 0.0357. The van der Waals surface area contributed by atoms with Crippen molar-refractivity contribution in [3.05, 3.63) is 0 Å². The molecule has 2 aliphatic rings. The number of hydrogen-bond donors (Lipinski definition) is 0. The van der Waals surface area contributed by atoms with Crippen LogP contribution in [0, 0.1) is 11.3 Å². The van der Waals surface area contributed by atoms with Crippen LogP contribution in [0.1, 0.15) is 25.7 Å². The first-order valence-corrected chi connectivity index (χ1v) is 5.14. The molecule has 0 N–H and O–H groups in total. The van der Waals surface area contributed by atoms with Gasteiger partial charge in [-0.3, -0.25) is 0 Å². The zero-order valence-electron chi connectivity index (χ0n) is 8.15. The fourth-order valence-electron chi connectivity index (χ4n) is 1.89. The molecule has 2 heterocycles. The van der Waals surface area contributed by atoms with Crippen molar-refractivity contribution in [3.63, 3.8) is 0 Å². The number of hydrogen-bond acceptors (Lipinski definition) is 4. The molecule has 2 rings (SSSR count). The zero-order chi connectivity index (χ0) is 9.80. The van der Waals surface area contributed by atoms with E-state index in [-0.39, 0.29) is 12.4 Å². The molecule has 3 unspecified atom stereocenters. The van der Waals surface area contributed by atoms with Gasteiger partial charge in [-0.05, 0) is 12.8 Å². The van der Waals surface area contributed by atoms with Gasteiger partial charge in [0.15, 0.2) is 6.29 Å². The Hall–Kier alpha value is -0.630. The van der Waals surface area contributed by atoms with Gasteiger partial charge in [-0.2, -0.15) is 5.26 Å². The van der Waals surface area contributed by atoms with Crippen LogP contribution < -0.4 is 0 Å². The summed E-state index contributed by atoms with van der Waals surface area (Å²) in [5, 5.41) is 8.49. The molecule has 2 fully saturated rings. The van der Waals surface area contributed by atoms with Gasteiger partial charge in [0.1, 0.15) is 0 Å². The molecule has 4 heteroatoms. The van der Waals surface area contributed by atoms with Crippen molar-refractivity contribution in [2.24, 2.45) is 0 Å². The van der Waals surface area contributed by atoms with E-state index in [1.807, 2.05) is 0 Å². The minimum Gasteiger partial charge on any atom is -0.378 e. The zero-order valence-corrected chi connectivity index (χ0v) is 8.15. The SMILES string of the molecule is N#CCC1COC(CC2CCCO2)O1. The summed E-state index contributed by atoms with van der Waals surface area (Å²) in [6.07, 6.45) is 3.57. The average Bonchev–Trinajstić information content (AvgIpc) is 2.79. The number of ether oxygens (including phenoxy) is 3. The summed E-state index contributed by atoms with van der Waals surface area (Å²) >= 11 is 0. The van der Waals surface area contributed by atoms with Crippen molar-refractivity contribution in [2.45, 2.75) is 44.2 Å². The Kier molecular flexibility index (Phi) is 3.35. The fraction of sp³-hybridized carbons (Fsp3) is 0.900. The smallest absolute Gasteiger partial charge is 0.160 e. The molecule has 0 saturated carbocycles. The van der Waals surface area contributed by atoms with E-state index in [0.29, 0.717) is 19.1 Å². The van der Waals surface area contributed by atoms with Crippen LogP contribution in [0.3, 0.4) is 0 Å². The molecular weight excluding hydrogens is 182 g/mol. The standard InChI is InChI=1S/C10H15NO3/c11-4-3-9-7-13-10(14-9)6-8-2-1-5-12-8/h8-10H,1-3,5-7H2. The molecule has 14 heavy (non-hydrogen) atoms. The van der Waals surface area contributed by atoms with Gasteiger partial charge in [-0.1, -0.05) is 0 Å². The molecule has 0 aromatic heterocycles. The van der Waals surface area contributed by atoms with Crippen molar-refractivity contribution in [3.8, 4) is 6.07 Å². The molecule has 0 spiro atoms. The Bertz CT molecular complexity index is 220. The monoisotopic (exact) mass is 197 g/mol. The molecule has 0 bridgehead atoms. The third-order valence-corrected chi connectivity index (χ3v) is 2.61. The predicted molar refractivity (Wildman–Crippen MR) is 48.4 cm³/mol. The molecule has 2 aliphatic heterocycles. The van der Waals surface area contributed by atoms with E-state index in [0.717, 1.165) is 25.9 Å². The lowest BCUT2D eigenvalue weighted by Gasteiger charge is -2.14. The Balaban J connectivity index is 1.70. The van der Waals surface area contributed by atoms with Crippen LogP contribution in [-0.2, 0) is 14.2 Å². The topological polar surface area (TPSA) is 51.5 Å². The van der Waals surface area contributed by atoms with Crippen LogP contribution in [0.15, 0.2) is 0 Å². The molecule has 4 nitrogen and oxygen atoms in total. The molecule has 0 aromatic rings. The third-order valence-electron chi connectivity index (χ3n) is 2.61. The third kappa shape index (κ3) is 2.44. The summed E-state index contributed by atoms with van der Waals surface area (Å²) < 4.78 is 16.5. The molecule has 78 valence electrons. The van der Waals surface area contributed by atoms with Crippen molar-refractivity contribution in [1.29, 1.82) is 5.26 Å². The highest BCUT2D eigenvalue weighted by Crippen LogP contribution is 2.23. The average molecular weight is 197 g/mol. The van der Waals surface area contributed by atoms with Crippen molar-refractivity contribution in [1.82, 2.24) is 0 Å². The molecule has 0 aliphatic carbocycles. The second kappa shape index (κ2) is 4.74. The lowest BCUT2D eigenvalue weighted by molar-refractivity contribution is -0.0849. The van der Waals surface area contributed by atoms with Crippen molar-refractivity contribution >= 4 is 0 Å². The second-order valence-corrected chi connectivity index (χ2v) is 3.75. The summed E-state index contributed by atoms with van der Waals surface area (Å²) in [6.45, 7) is 1.41. The molecule has 0 aromatic carbocycles. The summed E-state index contributed by atoms with van der Waals surface area (Å²) in [5.41, 5.74) is 0. The van der Waals surface area contributed by atoms with E-state index in [1.54, 1.807) is 0 Å². The van der Waals surface area contributed by atoms with E-state index >= 15 is 0 Å². The van der Waals surface area contributed by atoms with Crippen LogP contribution in [0.2, 0.25) is 0 Å². The van der Waals surface area contributed by atoms with Crippen molar-refractivity contribution in [2.75, 3.05) is 13.2 Å². The molecular formula is C10H15NO3. The van der Waals surface area contributed by atoms with Gasteiger partial charge in [-0.25, -0.2) is 0 Å². The summed E-state index contributed by atoms with van der Waals surface area (Å²) in [6, 6.07) is 2.09. The minimum atomic E-state index is -0.156. The van der Waals surface area contributed by atoms with Gasteiger partial charge < -0.3 is 14.2 Å². The Morgan fingerprint density at radius 2 is 2.21 bits per heavy atom. The summed E-state index contributed by atoms with van der Waals surface area (Å²) in [7, 11) is 0. The number of rotatable bonds is 3. The Labute approximate surface area is 83.7 Å². The predicted octanol–water partition coefficient (Wildman–Crippen LogP) is 1.21. The van der Waals surface area contributed by atoms with Crippen LogP contribution in [0.5, 0.6) is 0 Å². The van der Waals surface area contributed by atoms with Crippen molar-refractivity contribution < 1.29 is 14.2 Å². The molecule has 0 amide bonds. The number of nitrogens with zero attached hydrogens (tertiary/aromatic N) is 1. The maximum atomic E-state index is 8.49. The van der Waals surface area contributed by atoms with Gasteiger partial charge in [-0.15, -0.1) is 0 Å². The number of nitriles is 1. The summed E-state index contributed by atoms with van der Waals surface area (Å²) in [5.74, 6) is 0. The van der Waals surface area contributed by atoms with Gasteiger partial charge in [0.25, 0.3) is 0 Å². The fourth-order valence-corrected chi connectivity index (χ4v) is 1.89. The van der Waals surface area contributed by atoms with Crippen LogP contribution in [0.25, 0.3) is 0 Å². The normalized spacial score (nSPS) is 37.2. The highest BCUT2D eigenvalue weighted by molar-refractivity contribution is 4.80. The van der Waals surface area contributed by atoms with E-state index in [2.05, 4.69) is 6.07 Å². The van der Waals surface area contributed by atoms with E-state index < -0.39 is 0 Å². The maximum Gasteiger partial charge on any atom is 0.160 e. The molecule has 3 atom stereocenters. The molecule has 2 saturated heterocycles. The van der Waals surface area contributed by atoms with E-state index in [4.69, 9.17) is 19.5 Å². The summed E-state index contributed by atoms with van der Waals surface area (Å²) in [4.78, 5) is 0. The lowest BCUT2D eigenvalue weighted by Crippen LogP contribution is -2.18. The molecule has 0 radical (unpaired) electrons. The van der Waals surface area contributed by atoms with Gasteiger partial charge in [0.2, 0.25) is 0 Å².